The summed E-state index contributed by atoms with van der Waals surface area (Å²) in [5.74, 6) is 1.08. The van der Waals surface area contributed by atoms with Gasteiger partial charge in [0.2, 0.25) is 0 Å². The van der Waals surface area contributed by atoms with Crippen molar-refractivity contribution in [3.05, 3.63) is 47.9 Å². The van der Waals surface area contributed by atoms with Crippen molar-refractivity contribution in [2.75, 3.05) is 0 Å². The van der Waals surface area contributed by atoms with Crippen molar-refractivity contribution in [2.24, 2.45) is 11.8 Å². The lowest BCUT2D eigenvalue weighted by atomic mass is 9.69. The number of hydrogen-bond acceptors (Lipinski definition) is 3. The van der Waals surface area contributed by atoms with E-state index in [1.54, 1.807) is 6.20 Å². The summed E-state index contributed by atoms with van der Waals surface area (Å²) in [7, 11) is 0. The third-order valence-corrected chi connectivity index (χ3v) is 4.90. The molecule has 2 aliphatic rings. The fourth-order valence-electron chi connectivity index (χ4n) is 3.80. The van der Waals surface area contributed by atoms with E-state index in [0.29, 0.717) is 11.7 Å². The van der Waals surface area contributed by atoms with Gasteiger partial charge in [0.05, 0.1) is 11.4 Å². The highest BCUT2D eigenvalue weighted by Gasteiger charge is 2.37. The zero-order chi connectivity index (χ0) is 14.2. The molecule has 0 spiro atoms. The molecule has 2 aromatic heterocycles. The highest BCUT2D eigenvalue weighted by Crippen LogP contribution is 2.39. The van der Waals surface area contributed by atoms with E-state index in [4.69, 9.17) is 4.98 Å². The number of ketones is 1. The molecule has 106 valence electrons. The third-order valence-electron chi connectivity index (χ3n) is 4.90. The van der Waals surface area contributed by atoms with Crippen LogP contribution in [0.1, 0.15) is 41.7 Å². The van der Waals surface area contributed by atoms with Crippen LogP contribution in [0.2, 0.25) is 0 Å². The molecule has 3 heteroatoms. The Bertz CT molecular complexity index is 681. The number of carbonyl (C=O) groups is 1. The monoisotopic (exact) mass is 278 g/mol. The molecule has 0 radical (unpaired) electrons. The Balaban J connectivity index is 1.74. The van der Waals surface area contributed by atoms with Gasteiger partial charge in [-0.2, -0.15) is 0 Å². The van der Waals surface area contributed by atoms with Crippen molar-refractivity contribution in [1.82, 2.24) is 9.97 Å². The first-order chi connectivity index (χ1) is 10.3. The van der Waals surface area contributed by atoms with E-state index < -0.39 is 0 Å². The molecular formula is C18H18N2O. The molecule has 2 unspecified atom stereocenters. The maximum atomic E-state index is 12.6. The molecule has 0 aromatic carbocycles. The number of pyridine rings is 2. The number of Topliss-reactive ketones (excluding diaryl/α,β-unsaturated/α-hetero) is 1. The van der Waals surface area contributed by atoms with Crippen LogP contribution in [0.25, 0.3) is 11.3 Å². The van der Waals surface area contributed by atoms with Crippen molar-refractivity contribution in [3.63, 3.8) is 0 Å². The second-order valence-electron chi connectivity index (χ2n) is 6.15. The fourth-order valence-corrected chi connectivity index (χ4v) is 3.80. The van der Waals surface area contributed by atoms with E-state index in [1.807, 2.05) is 30.5 Å². The summed E-state index contributed by atoms with van der Waals surface area (Å²) in [4.78, 5) is 21.6. The smallest absolute Gasteiger partial charge is 0.168 e. The van der Waals surface area contributed by atoms with Gasteiger partial charge in [0.1, 0.15) is 0 Å². The highest BCUT2D eigenvalue weighted by molar-refractivity contribution is 6.00. The average molecular weight is 278 g/mol. The minimum absolute atomic E-state index is 0.247. The minimum Gasteiger partial charge on any atom is -0.294 e. The second kappa shape index (κ2) is 5.06. The van der Waals surface area contributed by atoms with Gasteiger partial charge in [-0.1, -0.05) is 12.8 Å². The van der Waals surface area contributed by atoms with Gasteiger partial charge in [0.25, 0.3) is 0 Å². The molecule has 2 aromatic rings. The summed E-state index contributed by atoms with van der Waals surface area (Å²) in [6.07, 6.45) is 9.23. The normalized spacial score (nSPS) is 24.3. The van der Waals surface area contributed by atoms with Crippen LogP contribution in [0.3, 0.4) is 0 Å². The number of nitrogens with zero attached hydrogens (tertiary/aromatic N) is 2. The molecule has 2 heterocycles. The second-order valence-corrected chi connectivity index (χ2v) is 6.15. The van der Waals surface area contributed by atoms with Gasteiger partial charge >= 0.3 is 0 Å². The Labute approximate surface area is 124 Å². The van der Waals surface area contributed by atoms with Crippen LogP contribution in [0, 0.1) is 11.8 Å². The van der Waals surface area contributed by atoms with Crippen LogP contribution in [0.15, 0.2) is 36.7 Å². The molecule has 21 heavy (non-hydrogen) atoms. The van der Waals surface area contributed by atoms with E-state index in [2.05, 4.69) is 4.98 Å². The molecule has 2 atom stereocenters. The first-order valence-electron chi connectivity index (χ1n) is 7.77. The molecule has 2 aliphatic carbocycles. The summed E-state index contributed by atoms with van der Waals surface area (Å²) in [6, 6.07) is 7.85. The average Bonchev–Trinajstić information content (AvgIpc) is 2.55. The zero-order valence-electron chi connectivity index (χ0n) is 12.0. The molecule has 0 saturated heterocycles. The standard InChI is InChI=1S/C18H18N2O/c21-18-14-6-2-1-4-12(14)10-17-15(18)7-8-16(20-17)13-5-3-9-19-11-13/h3,5,7-9,11-12,14H,1-2,4,6,10H2. The lowest BCUT2D eigenvalue weighted by molar-refractivity contribution is 0.0798. The number of rotatable bonds is 1. The van der Waals surface area contributed by atoms with Crippen molar-refractivity contribution in [1.29, 1.82) is 0 Å². The van der Waals surface area contributed by atoms with Crippen LogP contribution in [0.5, 0.6) is 0 Å². The molecule has 0 amide bonds. The maximum absolute atomic E-state index is 12.6. The van der Waals surface area contributed by atoms with Gasteiger partial charge in [-0.25, -0.2) is 0 Å². The van der Waals surface area contributed by atoms with Crippen LogP contribution < -0.4 is 0 Å². The first-order valence-corrected chi connectivity index (χ1v) is 7.77. The summed E-state index contributed by atoms with van der Waals surface area (Å²) in [5, 5.41) is 0. The molecule has 1 saturated carbocycles. The Morgan fingerprint density at radius 2 is 2.00 bits per heavy atom. The van der Waals surface area contributed by atoms with E-state index in [0.717, 1.165) is 35.4 Å². The van der Waals surface area contributed by atoms with Crippen LogP contribution >= 0.6 is 0 Å². The lowest BCUT2D eigenvalue weighted by Crippen LogP contribution is -2.34. The molecule has 0 N–H and O–H groups in total. The van der Waals surface area contributed by atoms with Crippen LogP contribution in [-0.4, -0.2) is 15.8 Å². The molecule has 0 bridgehead atoms. The van der Waals surface area contributed by atoms with Gasteiger partial charge in [0, 0.05) is 29.4 Å². The molecule has 4 rings (SSSR count). The number of hydrogen-bond donors (Lipinski definition) is 0. The predicted octanol–water partition coefficient (Wildman–Crippen LogP) is 3.69. The van der Waals surface area contributed by atoms with Crippen molar-refractivity contribution < 1.29 is 4.79 Å². The van der Waals surface area contributed by atoms with Crippen LogP contribution in [0.4, 0.5) is 0 Å². The van der Waals surface area contributed by atoms with Crippen LogP contribution in [-0.2, 0) is 6.42 Å². The summed E-state index contributed by atoms with van der Waals surface area (Å²) >= 11 is 0. The Hall–Kier alpha value is -2.03. The van der Waals surface area contributed by atoms with E-state index in [-0.39, 0.29) is 5.92 Å². The summed E-state index contributed by atoms with van der Waals surface area (Å²) in [5.41, 5.74) is 3.78. The maximum Gasteiger partial charge on any atom is 0.168 e. The quantitative estimate of drug-likeness (QED) is 0.799. The number of fused-ring (bicyclic) bond motifs is 2. The molecular weight excluding hydrogens is 260 g/mol. The van der Waals surface area contributed by atoms with Gasteiger partial charge in [-0.05, 0) is 49.4 Å². The van der Waals surface area contributed by atoms with Crippen molar-refractivity contribution in [3.8, 4) is 11.3 Å². The van der Waals surface area contributed by atoms with Gasteiger partial charge in [-0.3, -0.25) is 14.8 Å². The van der Waals surface area contributed by atoms with E-state index >= 15 is 0 Å². The van der Waals surface area contributed by atoms with E-state index in [1.165, 1.54) is 19.3 Å². The molecule has 0 aliphatic heterocycles. The largest absolute Gasteiger partial charge is 0.294 e. The Morgan fingerprint density at radius 3 is 2.86 bits per heavy atom. The predicted molar refractivity (Wildman–Crippen MR) is 81.0 cm³/mol. The fraction of sp³-hybridized carbons (Fsp3) is 0.389. The first kappa shape index (κ1) is 12.7. The van der Waals surface area contributed by atoms with Crippen molar-refractivity contribution in [2.45, 2.75) is 32.1 Å². The topological polar surface area (TPSA) is 42.9 Å². The highest BCUT2D eigenvalue weighted by atomic mass is 16.1. The summed E-state index contributed by atoms with van der Waals surface area (Å²) < 4.78 is 0. The van der Waals surface area contributed by atoms with Gasteiger partial charge in [0.15, 0.2) is 5.78 Å². The lowest BCUT2D eigenvalue weighted by Gasteiger charge is -2.34. The van der Waals surface area contributed by atoms with Gasteiger partial charge in [-0.15, -0.1) is 0 Å². The zero-order valence-corrected chi connectivity index (χ0v) is 12.0. The molecule has 1 fully saturated rings. The minimum atomic E-state index is 0.247. The number of carbonyl (C=O) groups excluding carboxylic acids is 1. The van der Waals surface area contributed by atoms with Crippen molar-refractivity contribution >= 4 is 5.78 Å². The Kier molecular flexibility index (Phi) is 3.06. The third kappa shape index (κ3) is 2.17. The van der Waals surface area contributed by atoms with E-state index in [9.17, 15) is 4.79 Å². The SMILES string of the molecule is O=C1c2ccc(-c3cccnc3)nc2CC2CCCCC12. The molecule has 3 nitrogen and oxygen atoms in total. The number of aromatic nitrogens is 2. The summed E-state index contributed by atoms with van der Waals surface area (Å²) in [6.45, 7) is 0. The Morgan fingerprint density at radius 1 is 1.10 bits per heavy atom. The van der Waals surface area contributed by atoms with Gasteiger partial charge < -0.3 is 0 Å².